The first kappa shape index (κ1) is 11.2. The van der Waals surface area contributed by atoms with Gasteiger partial charge in [-0.25, -0.2) is 4.39 Å². The summed E-state index contributed by atoms with van der Waals surface area (Å²) in [5.41, 5.74) is 0.129. The second-order valence-corrected chi connectivity index (χ2v) is 4.08. The van der Waals surface area contributed by atoms with Crippen molar-refractivity contribution < 1.29 is 14.3 Å². The fourth-order valence-corrected chi connectivity index (χ4v) is 1.93. The average molecular weight is 223 g/mol. The Morgan fingerprint density at radius 3 is 2.88 bits per heavy atom. The molecule has 1 saturated heterocycles. The summed E-state index contributed by atoms with van der Waals surface area (Å²) in [4.78, 5) is 13.6. The van der Waals surface area contributed by atoms with Crippen molar-refractivity contribution in [3.63, 3.8) is 0 Å². The van der Waals surface area contributed by atoms with Gasteiger partial charge in [-0.1, -0.05) is 12.1 Å². The highest BCUT2D eigenvalue weighted by atomic mass is 19.1. The molecule has 0 aromatic heterocycles. The minimum absolute atomic E-state index is 0.129. The molecule has 1 aliphatic rings. The van der Waals surface area contributed by atoms with Gasteiger partial charge in [0.1, 0.15) is 5.82 Å². The summed E-state index contributed by atoms with van der Waals surface area (Å²) in [6.07, 6.45) is 0.332. The van der Waals surface area contributed by atoms with Gasteiger partial charge in [-0.2, -0.15) is 0 Å². The molecular weight excluding hydrogens is 209 g/mol. The molecule has 16 heavy (non-hydrogen) atoms. The predicted molar refractivity (Wildman–Crippen MR) is 57.8 cm³/mol. The minimum atomic E-state index is -0.479. The fourth-order valence-electron chi connectivity index (χ4n) is 1.93. The van der Waals surface area contributed by atoms with E-state index < -0.39 is 5.82 Å². The Kier molecular flexibility index (Phi) is 3.31. The SMILES string of the molecule is O=C(CN1CCC(O)C1)c1ccccc1F. The number of aliphatic hydroxyl groups excluding tert-OH is 1. The number of β-amino-alcohol motifs (C(OH)–C–C–N with tert-alkyl or cyclic N) is 1. The normalized spacial score (nSPS) is 21.2. The number of benzene rings is 1. The number of likely N-dealkylation sites (tertiary alicyclic amines) is 1. The molecule has 0 radical (unpaired) electrons. The Morgan fingerprint density at radius 2 is 2.25 bits per heavy atom. The van der Waals surface area contributed by atoms with E-state index in [1.165, 1.54) is 12.1 Å². The number of Topliss-reactive ketones (excluding diaryl/α,β-unsaturated/α-hetero) is 1. The number of hydrogen-bond acceptors (Lipinski definition) is 3. The van der Waals surface area contributed by atoms with Gasteiger partial charge >= 0.3 is 0 Å². The number of aliphatic hydroxyl groups is 1. The largest absolute Gasteiger partial charge is 0.392 e. The van der Waals surface area contributed by atoms with Crippen LogP contribution in [0.5, 0.6) is 0 Å². The molecule has 0 bridgehead atoms. The van der Waals surface area contributed by atoms with Crippen LogP contribution in [-0.4, -0.2) is 41.5 Å². The maximum atomic E-state index is 13.3. The molecule has 1 unspecified atom stereocenters. The maximum absolute atomic E-state index is 13.3. The molecular formula is C12H14FNO2. The highest BCUT2D eigenvalue weighted by molar-refractivity contribution is 5.97. The molecule has 0 spiro atoms. The lowest BCUT2D eigenvalue weighted by Gasteiger charge is -2.13. The van der Waals surface area contributed by atoms with Crippen molar-refractivity contribution in [2.45, 2.75) is 12.5 Å². The summed E-state index contributed by atoms with van der Waals surface area (Å²) in [6, 6.07) is 5.98. The molecule has 1 atom stereocenters. The van der Waals surface area contributed by atoms with Crippen molar-refractivity contribution >= 4 is 5.78 Å². The quantitative estimate of drug-likeness (QED) is 0.779. The Morgan fingerprint density at radius 1 is 1.50 bits per heavy atom. The lowest BCUT2D eigenvalue weighted by Crippen LogP contribution is -2.29. The molecule has 2 rings (SSSR count). The zero-order valence-electron chi connectivity index (χ0n) is 8.90. The van der Waals surface area contributed by atoms with Gasteiger partial charge in [-0.15, -0.1) is 0 Å². The van der Waals surface area contributed by atoms with Crippen LogP contribution in [0.15, 0.2) is 24.3 Å². The lowest BCUT2D eigenvalue weighted by atomic mass is 10.1. The van der Waals surface area contributed by atoms with Crippen LogP contribution in [0, 0.1) is 5.82 Å². The molecule has 0 aliphatic carbocycles. The predicted octanol–water partition coefficient (Wildman–Crippen LogP) is 1.07. The Balaban J connectivity index is 2.01. The molecule has 0 saturated carbocycles. The van der Waals surface area contributed by atoms with E-state index in [2.05, 4.69) is 0 Å². The van der Waals surface area contributed by atoms with E-state index in [1.807, 2.05) is 4.90 Å². The molecule has 1 aliphatic heterocycles. The molecule has 4 heteroatoms. The van der Waals surface area contributed by atoms with E-state index in [-0.39, 0.29) is 24.0 Å². The fraction of sp³-hybridized carbons (Fsp3) is 0.417. The first-order chi connectivity index (χ1) is 7.66. The zero-order chi connectivity index (χ0) is 11.5. The van der Waals surface area contributed by atoms with Gasteiger partial charge in [0, 0.05) is 13.1 Å². The molecule has 0 amide bonds. The topological polar surface area (TPSA) is 40.5 Å². The molecule has 1 aromatic carbocycles. The molecule has 1 N–H and O–H groups in total. The molecule has 1 aromatic rings. The van der Waals surface area contributed by atoms with Crippen molar-refractivity contribution in [3.8, 4) is 0 Å². The first-order valence-electron chi connectivity index (χ1n) is 5.35. The van der Waals surface area contributed by atoms with Crippen LogP contribution in [0.25, 0.3) is 0 Å². The highest BCUT2D eigenvalue weighted by Crippen LogP contribution is 2.12. The number of carbonyl (C=O) groups is 1. The molecule has 1 fully saturated rings. The smallest absolute Gasteiger partial charge is 0.179 e. The second kappa shape index (κ2) is 4.72. The van der Waals surface area contributed by atoms with Gasteiger partial charge in [-0.3, -0.25) is 9.69 Å². The van der Waals surface area contributed by atoms with E-state index >= 15 is 0 Å². The number of nitrogens with zero attached hydrogens (tertiary/aromatic N) is 1. The number of ketones is 1. The first-order valence-corrected chi connectivity index (χ1v) is 5.35. The van der Waals surface area contributed by atoms with E-state index in [4.69, 9.17) is 0 Å². The summed E-state index contributed by atoms with van der Waals surface area (Å²) >= 11 is 0. The van der Waals surface area contributed by atoms with E-state index in [0.29, 0.717) is 19.5 Å². The van der Waals surface area contributed by atoms with Crippen LogP contribution in [0.2, 0.25) is 0 Å². The second-order valence-electron chi connectivity index (χ2n) is 4.08. The van der Waals surface area contributed by atoms with E-state index in [0.717, 1.165) is 0 Å². The summed E-state index contributed by atoms with van der Waals surface area (Å²) in [5.74, 6) is -0.709. The van der Waals surface area contributed by atoms with Crippen molar-refractivity contribution in [1.82, 2.24) is 4.90 Å². The maximum Gasteiger partial charge on any atom is 0.179 e. The van der Waals surface area contributed by atoms with Crippen molar-refractivity contribution in [2.75, 3.05) is 19.6 Å². The summed E-state index contributed by atoms with van der Waals surface area (Å²) in [6.45, 7) is 1.37. The third kappa shape index (κ3) is 2.46. The lowest BCUT2D eigenvalue weighted by molar-refractivity contribution is 0.0931. The molecule has 3 nitrogen and oxygen atoms in total. The van der Waals surface area contributed by atoms with Gasteiger partial charge < -0.3 is 5.11 Å². The number of rotatable bonds is 3. The average Bonchev–Trinajstić information content (AvgIpc) is 2.64. The Bertz CT molecular complexity index is 394. The minimum Gasteiger partial charge on any atom is -0.392 e. The van der Waals surface area contributed by atoms with Crippen LogP contribution in [0.4, 0.5) is 4.39 Å². The van der Waals surface area contributed by atoms with Crippen LogP contribution >= 0.6 is 0 Å². The monoisotopic (exact) mass is 223 g/mol. The van der Waals surface area contributed by atoms with Crippen LogP contribution < -0.4 is 0 Å². The van der Waals surface area contributed by atoms with E-state index in [1.54, 1.807) is 12.1 Å². The van der Waals surface area contributed by atoms with Crippen LogP contribution in [0.3, 0.4) is 0 Å². The number of halogens is 1. The van der Waals surface area contributed by atoms with Gasteiger partial charge in [0.25, 0.3) is 0 Å². The Labute approximate surface area is 93.5 Å². The zero-order valence-corrected chi connectivity index (χ0v) is 8.90. The van der Waals surface area contributed by atoms with E-state index in [9.17, 15) is 14.3 Å². The van der Waals surface area contributed by atoms with Crippen LogP contribution in [0.1, 0.15) is 16.8 Å². The highest BCUT2D eigenvalue weighted by Gasteiger charge is 2.23. The van der Waals surface area contributed by atoms with Gasteiger partial charge in [-0.05, 0) is 18.6 Å². The standard InChI is InChI=1S/C12H14FNO2/c13-11-4-2-1-3-10(11)12(16)8-14-6-5-9(15)7-14/h1-4,9,15H,5-8H2. The summed E-state index contributed by atoms with van der Waals surface area (Å²) in [5, 5.41) is 9.31. The third-order valence-corrected chi connectivity index (χ3v) is 2.79. The molecule has 1 heterocycles. The van der Waals surface area contributed by atoms with Crippen molar-refractivity contribution in [3.05, 3.63) is 35.6 Å². The number of hydrogen-bond donors (Lipinski definition) is 1. The third-order valence-electron chi connectivity index (χ3n) is 2.79. The van der Waals surface area contributed by atoms with Gasteiger partial charge in [0.15, 0.2) is 5.78 Å². The van der Waals surface area contributed by atoms with Gasteiger partial charge in [0.2, 0.25) is 0 Å². The summed E-state index contributed by atoms with van der Waals surface area (Å²) < 4.78 is 13.3. The summed E-state index contributed by atoms with van der Waals surface area (Å²) in [7, 11) is 0. The van der Waals surface area contributed by atoms with Gasteiger partial charge in [0.05, 0.1) is 18.2 Å². The van der Waals surface area contributed by atoms with Crippen LogP contribution in [-0.2, 0) is 0 Å². The number of carbonyl (C=O) groups excluding carboxylic acids is 1. The Hall–Kier alpha value is -1.26. The van der Waals surface area contributed by atoms with Crippen molar-refractivity contribution in [2.24, 2.45) is 0 Å². The molecule has 86 valence electrons. The van der Waals surface area contributed by atoms with Crippen molar-refractivity contribution in [1.29, 1.82) is 0 Å².